The van der Waals surface area contributed by atoms with Gasteiger partial charge in [-0.1, -0.05) is 126 Å². The van der Waals surface area contributed by atoms with Gasteiger partial charge in [0.15, 0.2) is 5.78 Å². The van der Waals surface area contributed by atoms with E-state index in [-0.39, 0.29) is 53.9 Å². The van der Waals surface area contributed by atoms with Crippen molar-refractivity contribution >= 4 is 11.9 Å². The van der Waals surface area contributed by atoms with Crippen molar-refractivity contribution in [3.8, 4) is 16.9 Å². The number of carbonyl (C=O) groups excluding carboxylic acids is 2. The molecule has 64 heavy (non-hydrogen) atoms. The Morgan fingerprint density at radius 1 is 0.844 bits per heavy atom. The third kappa shape index (κ3) is 7.33. The van der Waals surface area contributed by atoms with E-state index in [0.29, 0.717) is 55.1 Å². The van der Waals surface area contributed by atoms with Crippen LogP contribution >= 0.6 is 0 Å². The molecule has 0 radical (unpaired) electrons. The quantitative estimate of drug-likeness (QED) is 0.156. The first-order valence-electron chi connectivity index (χ1n) is 23.6. The van der Waals surface area contributed by atoms with Gasteiger partial charge in [-0.25, -0.2) is 4.79 Å². The van der Waals surface area contributed by atoms with Crippen LogP contribution in [0.2, 0.25) is 0 Å². The van der Waals surface area contributed by atoms with E-state index in [0.717, 1.165) is 48.8 Å². The van der Waals surface area contributed by atoms with E-state index in [1.54, 1.807) is 4.90 Å². The number of ether oxygens (including phenoxy) is 2. The molecule has 4 fully saturated rings. The number of nitrogens with zero attached hydrogens (tertiary/aromatic N) is 1. The Kier molecular flexibility index (Phi) is 11.3. The lowest BCUT2D eigenvalue weighted by Crippen LogP contribution is -2.67. The first kappa shape index (κ1) is 44.8. The number of carbonyl (C=O) groups is 2. The molecule has 2 N–H and O–H groups in total. The number of amides is 1. The van der Waals surface area contributed by atoms with Gasteiger partial charge in [-0.2, -0.15) is 0 Å². The molecule has 7 aliphatic rings. The Morgan fingerprint density at radius 2 is 1.52 bits per heavy atom. The summed E-state index contributed by atoms with van der Waals surface area (Å²) in [5.74, 6) is 0.384. The third-order valence-corrected chi connectivity index (χ3v) is 17.7. The fourth-order valence-corrected chi connectivity index (χ4v) is 14.3. The number of ketones is 1. The Balaban J connectivity index is 1.10. The van der Waals surface area contributed by atoms with Gasteiger partial charge in [0, 0.05) is 33.9 Å². The van der Waals surface area contributed by atoms with Crippen molar-refractivity contribution in [2.24, 2.45) is 51.2 Å². The predicted octanol–water partition coefficient (Wildman–Crippen LogP) is 12.1. The number of benzene rings is 3. The highest BCUT2D eigenvalue weighted by Gasteiger charge is 2.74. The van der Waals surface area contributed by atoms with Gasteiger partial charge >= 0.3 is 12.5 Å². The fourth-order valence-electron chi connectivity index (χ4n) is 14.3. The van der Waals surface area contributed by atoms with Crippen LogP contribution < -0.4 is 4.74 Å². The van der Waals surface area contributed by atoms with Crippen LogP contribution in [0.5, 0.6) is 5.75 Å². The summed E-state index contributed by atoms with van der Waals surface area (Å²) in [6, 6.07) is 23.3. The minimum absolute atomic E-state index is 0.0132. The molecule has 3 aromatic carbocycles. The second-order valence-corrected chi connectivity index (χ2v) is 21.3. The average Bonchev–Trinajstić information content (AvgIpc) is 3.53. The van der Waals surface area contributed by atoms with E-state index >= 15 is 4.79 Å². The van der Waals surface area contributed by atoms with Gasteiger partial charge in [-0.3, -0.25) is 4.79 Å². The zero-order valence-corrected chi connectivity index (χ0v) is 37.9. The van der Waals surface area contributed by atoms with Crippen LogP contribution in [0, 0.1) is 51.2 Å². The highest BCUT2D eigenvalue weighted by molar-refractivity contribution is 6.14. The number of Topliss-reactive ketones (excluding diaryl/α,β-unsaturated/α-hetero) is 1. The van der Waals surface area contributed by atoms with E-state index < -0.39 is 40.4 Å². The standard InChI is InChI=1S/C54H64F3NO6/c1-34(2)40-20-15-35(3)29-44(40)63-48(61)58(32-36-16-18-39(19-17-36)64-54(55,56)57)33-52(62)26-23-46-50(52,5)25-22-45-49(4)24-21-38(59)30-51(49)27-28-53(45,46)43(31-51)47(60)42-14-10-9-13-41(42)37-11-7-6-8-12-37/h6-14,16-19,27-28,31,34-35,38,40,44-46,59,62H,15,20-26,29-30,32-33H2,1-5H3/t35-,38?,40+,44-,45+,46+,49+,50-,51-,52+,53+/m0/s1. The summed E-state index contributed by atoms with van der Waals surface area (Å²) >= 11 is 0. The molecular formula is C54H64F3NO6. The Bertz CT molecular complexity index is 2310. The zero-order valence-electron chi connectivity index (χ0n) is 37.9. The van der Waals surface area contributed by atoms with Gasteiger partial charge < -0.3 is 24.6 Å². The summed E-state index contributed by atoms with van der Waals surface area (Å²) in [6.45, 7) is 11.0. The summed E-state index contributed by atoms with van der Waals surface area (Å²) in [6.07, 6.45) is 7.87. The summed E-state index contributed by atoms with van der Waals surface area (Å²) in [4.78, 5) is 31.9. The molecule has 4 saturated carbocycles. The molecule has 7 nitrogen and oxygen atoms in total. The van der Waals surface area contributed by atoms with E-state index in [9.17, 15) is 28.2 Å². The van der Waals surface area contributed by atoms with Crippen LogP contribution in [0.25, 0.3) is 11.1 Å². The van der Waals surface area contributed by atoms with E-state index in [4.69, 9.17) is 4.74 Å². The monoisotopic (exact) mass is 879 g/mol. The zero-order chi connectivity index (χ0) is 45.5. The Labute approximate surface area is 376 Å². The number of allylic oxidation sites excluding steroid dienone is 4. The third-order valence-electron chi connectivity index (χ3n) is 17.7. The molecule has 0 aromatic heterocycles. The average molecular weight is 880 g/mol. The molecule has 0 heterocycles. The minimum Gasteiger partial charge on any atom is -0.446 e. The van der Waals surface area contributed by atoms with Gasteiger partial charge in [-0.15, -0.1) is 13.2 Å². The fraction of sp³-hybridized carbons (Fsp3) is 0.556. The van der Waals surface area contributed by atoms with E-state index in [1.165, 1.54) is 24.3 Å². The van der Waals surface area contributed by atoms with E-state index in [2.05, 4.69) is 57.6 Å². The molecule has 10 heteroatoms. The Morgan fingerprint density at radius 3 is 2.23 bits per heavy atom. The number of aliphatic hydroxyl groups excluding tert-OH is 1. The van der Waals surface area contributed by atoms with Crippen molar-refractivity contribution in [1.82, 2.24) is 4.90 Å². The van der Waals surface area contributed by atoms with Crippen molar-refractivity contribution in [3.05, 3.63) is 114 Å². The normalized spacial score (nSPS) is 36.4. The van der Waals surface area contributed by atoms with Crippen LogP contribution in [-0.4, -0.2) is 57.7 Å². The predicted molar refractivity (Wildman–Crippen MR) is 240 cm³/mol. The minimum atomic E-state index is -4.84. The lowest BCUT2D eigenvalue weighted by atomic mass is 9.32. The highest BCUT2D eigenvalue weighted by Crippen LogP contribution is 2.78. The second kappa shape index (κ2) is 16.2. The second-order valence-electron chi connectivity index (χ2n) is 21.3. The molecule has 0 saturated heterocycles. The van der Waals surface area contributed by atoms with Gasteiger partial charge in [0.1, 0.15) is 11.9 Å². The first-order chi connectivity index (χ1) is 30.3. The number of rotatable bonds is 10. The maximum atomic E-state index is 15.6. The molecule has 2 spiro atoms. The Hall–Kier alpha value is -4.41. The number of hydrogen-bond acceptors (Lipinski definition) is 6. The molecular weight excluding hydrogens is 816 g/mol. The SMILES string of the molecule is CC(C)[C@H]1CC[C@H](C)C[C@@H]1OC(=O)N(Cc1ccc(OC(F)(F)F)cc1)C[C@]1(O)CC[C@H]2[C@]34C=C[C@@]5(C=C3C(=O)c3ccccc3-c3ccccc3)CC(O)CC[C@]5(C)[C@H]4CC[C@@]21C. The lowest BCUT2D eigenvalue weighted by molar-refractivity contribution is -0.274. The lowest BCUT2D eigenvalue weighted by Gasteiger charge is -2.71. The van der Waals surface area contributed by atoms with E-state index in [1.807, 2.05) is 54.6 Å². The highest BCUT2D eigenvalue weighted by atomic mass is 19.4. The molecule has 2 bridgehead atoms. The number of halogens is 3. The molecule has 1 unspecified atom stereocenters. The van der Waals surface area contributed by atoms with Gasteiger partial charge in [0.2, 0.25) is 0 Å². The van der Waals surface area contributed by atoms with Crippen LogP contribution in [0.3, 0.4) is 0 Å². The number of fused-ring (bicyclic) bond motifs is 1. The van der Waals surface area contributed by atoms with Gasteiger partial charge in [0.05, 0.1) is 18.2 Å². The van der Waals surface area contributed by atoms with Crippen molar-refractivity contribution in [2.75, 3.05) is 6.54 Å². The van der Waals surface area contributed by atoms with Gasteiger partial charge in [0.25, 0.3) is 0 Å². The largest absolute Gasteiger partial charge is 0.573 e. The molecule has 11 atom stereocenters. The molecule has 342 valence electrons. The van der Waals surface area contributed by atoms with Crippen molar-refractivity contribution in [1.29, 1.82) is 0 Å². The van der Waals surface area contributed by atoms with Crippen molar-refractivity contribution in [3.63, 3.8) is 0 Å². The summed E-state index contributed by atoms with van der Waals surface area (Å²) in [7, 11) is 0. The molecule has 0 aliphatic heterocycles. The topological polar surface area (TPSA) is 96.3 Å². The van der Waals surface area contributed by atoms with Crippen LogP contribution in [0.1, 0.15) is 115 Å². The first-order valence-corrected chi connectivity index (χ1v) is 23.6. The summed E-state index contributed by atoms with van der Waals surface area (Å²) < 4.78 is 49.9. The number of alkyl halides is 3. The van der Waals surface area contributed by atoms with Crippen LogP contribution in [-0.2, 0) is 11.3 Å². The molecule has 7 aliphatic carbocycles. The van der Waals surface area contributed by atoms with Gasteiger partial charge in [-0.05, 0) is 122 Å². The van der Waals surface area contributed by atoms with Crippen molar-refractivity contribution in [2.45, 2.75) is 130 Å². The molecule has 3 aromatic rings. The molecule has 1 amide bonds. The summed E-state index contributed by atoms with van der Waals surface area (Å²) in [5, 5.41) is 24.7. The number of hydrogen-bond donors (Lipinski definition) is 2. The smallest absolute Gasteiger partial charge is 0.446 e. The van der Waals surface area contributed by atoms with Crippen molar-refractivity contribution < 1.29 is 42.4 Å². The molecule has 10 rings (SSSR count). The maximum absolute atomic E-state index is 15.6. The van der Waals surface area contributed by atoms with Crippen LogP contribution in [0.15, 0.2) is 103 Å². The number of aliphatic hydroxyl groups is 2. The summed E-state index contributed by atoms with van der Waals surface area (Å²) in [5.41, 5.74) is 0.161. The van der Waals surface area contributed by atoms with Crippen LogP contribution in [0.4, 0.5) is 18.0 Å². The maximum Gasteiger partial charge on any atom is 0.573 e.